The topological polar surface area (TPSA) is 40.6 Å². The molecule has 1 aromatic carbocycles. The Balaban J connectivity index is 2.16. The number of anilines is 1. The molecule has 1 heterocycles. The van der Waals surface area contributed by atoms with E-state index in [0.29, 0.717) is 16.7 Å². The summed E-state index contributed by atoms with van der Waals surface area (Å²) in [6, 6.07) is 7.07. The molecule has 0 amide bonds. The number of hydrogen-bond acceptors (Lipinski definition) is 3. The van der Waals surface area contributed by atoms with Gasteiger partial charge in [0.1, 0.15) is 0 Å². The fourth-order valence-electron chi connectivity index (χ4n) is 2.23. The van der Waals surface area contributed by atoms with Gasteiger partial charge in [-0.25, -0.2) is 12.7 Å². The van der Waals surface area contributed by atoms with Crippen LogP contribution in [0.4, 0.5) is 5.69 Å². The summed E-state index contributed by atoms with van der Waals surface area (Å²) in [5.74, 6) is 1.22. The van der Waals surface area contributed by atoms with Crippen LogP contribution in [0.3, 0.4) is 0 Å². The van der Waals surface area contributed by atoms with Crippen molar-refractivity contribution >= 4 is 27.3 Å². The standard InChI is InChI=1S/C13H19ClN2O2S/c1-15(2)19(17,18)13-5-3-12(4-6-13)16-8-7-11(9-14)10-16/h3-6,11H,7-10H2,1-2H3. The molecule has 2 rings (SSSR count). The first-order valence-electron chi connectivity index (χ1n) is 6.28. The van der Waals surface area contributed by atoms with Crippen molar-refractivity contribution in [3.05, 3.63) is 24.3 Å². The zero-order chi connectivity index (χ0) is 14.0. The van der Waals surface area contributed by atoms with E-state index in [0.717, 1.165) is 25.2 Å². The third-order valence-corrected chi connectivity index (χ3v) is 5.75. The van der Waals surface area contributed by atoms with Crippen molar-refractivity contribution in [1.29, 1.82) is 0 Å². The molecule has 1 saturated heterocycles. The SMILES string of the molecule is CN(C)S(=O)(=O)c1ccc(N2CCC(CCl)C2)cc1. The van der Waals surface area contributed by atoms with Crippen LogP contribution in [0.25, 0.3) is 0 Å². The summed E-state index contributed by atoms with van der Waals surface area (Å²) in [4.78, 5) is 2.58. The van der Waals surface area contributed by atoms with Gasteiger partial charge in [0.15, 0.2) is 0 Å². The van der Waals surface area contributed by atoms with E-state index in [-0.39, 0.29) is 0 Å². The molecule has 19 heavy (non-hydrogen) atoms. The minimum atomic E-state index is -3.34. The van der Waals surface area contributed by atoms with Gasteiger partial charge in [0.05, 0.1) is 4.90 Å². The van der Waals surface area contributed by atoms with E-state index in [4.69, 9.17) is 11.6 Å². The number of benzene rings is 1. The van der Waals surface area contributed by atoms with Crippen LogP contribution in [-0.4, -0.2) is 45.8 Å². The Labute approximate surface area is 120 Å². The van der Waals surface area contributed by atoms with E-state index in [9.17, 15) is 8.42 Å². The predicted octanol–water partition coefficient (Wildman–Crippen LogP) is 2.00. The smallest absolute Gasteiger partial charge is 0.242 e. The minimum absolute atomic E-state index is 0.328. The number of hydrogen-bond donors (Lipinski definition) is 0. The summed E-state index contributed by atoms with van der Waals surface area (Å²) in [5.41, 5.74) is 1.06. The maximum absolute atomic E-state index is 12.0. The molecule has 1 aliphatic heterocycles. The van der Waals surface area contributed by atoms with Gasteiger partial charge in [0, 0.05) is 38.8 Å². The summed E-state index contributed by atoms with van der Waals surface area (Å²) >= 11 is 5.87. The molecular formula is C13H19ClN2O2S. The Morgan fingerprint density at radius 2 is 1.95 bits per heavy atom. The molecular weight excluding hydrogens is 284 g/mol. The second-order valence-electron chi connectivity index (χ2n) is 5.04. The molecule has 1 atom stereocenters. The van der Waals surface area contributed by atoms with Crippen LogP contribution in [0.5, 0.6) is 0 Å². The van der Waals surface area contributed by atoms with Gasteiger partial charge < -0.3 is 4.90 Å². The molecule has 0 spiro atoms. The predicted molar refractivity (Wildman–Crippen MR) is 78.4 cm³/mol. The fourth-order valence-corrected chi connectivity index (χ4v) is 3.39. The van der Waals surface area contributed by atoms with E-state index >= 15 is 0 Å². The van der Waals surface area contributed by atoms with Crippen LogP contribution in [-0.2, 0) is 10.0 Å². The molecule has 1 aromatic rings. The first kappa shape index (κ1) is 14.6. The molecule has 106 valence electrons. The summed E-state index contributed by atoms with van der Waals surface area (Å²) < 4.78 is 25.1. The molecule has 0 aliphatic carbocycles. The third kappa shape index (κ3) is 3.04. The molecule has 0 N–H and O–H groups in total. The van der Waals surface area contributed by atoms with Crippen molar-refractivity contribution in [2.24, 2.45) is 5.92 Å². The van der Waals surface area contributed by atoms with Gasteiger partial charge in [0.25, 0.3) is 0 Å². The van der Waals surface area contributed by atoms with Gasteiger partial charge in [-0.2, -0.15) is 0 Å². The molecule has 0 aromatic heterocycles. The molecule has 4 nitrogen and oxygen atoms in total. The Hall–Kier alpha value is -0.780. The minimum Gasteiger partial charge on any atom is -0.371 e. The normalized spacial score (nSPS) is 20.2. The first-order valence-corrected chi connectivity index (χ1v) is 8.26. The van der Waals surface area contributed by atoms with E-state index in [2.05, 4.69) is 4.90 Å². The van der Waals surface area contributed by atoms with Gasteiger partial charge in [0.2, 0.25) is 10.0 Å². The first-order chi connectivity index (χ1) is 8.95. The summed E-state index contributed by atoms with van der Waals surface area (Å²) in [7, 11) is -0.266. The summed E-state index contributed by atoms with van der Waals surface area (Å²) in [5, 5.41) is 0. The van der Waals surface area contributed by atoms with Crippen molar-refractivity contribution in [1.82, 2.24) is 4.31 Å². The highest BCUT2D eigenvalue weighted by atomic mass is 35.5. The highest BCUT2D eigenvalue weighted by Crippen LogP contribution is 2.26. The van der Waals surface area contributed by atoms with E-state index in [1.54, 1.807) is 12.1 Å². The highest BCUT2D eigenvalue weighted by molar-refractivity contribution is 7.89. The van der Waals surface area contributed by atoms with E-state index in [1.807, 2.05) is 12.1 Å². The molecule has 0 saturated carbocycles. The monoisotopic (exact) mass is 302 g/mol. The molecule has 0 radical (unpaired) electrons. The van der Waals surface area contributed by atoms with Crippen LogP contribution >= 0.6 is 11.6 Å². The van der Waals surface area contributed by atoms with Crippen molar-refractivity contribution in [3.63, 3.8) is 0 Å². The van der Waals surface area contributed by atoms with Crippen molar-refractivity contribution in [2.45, 2.75) is 11.3 Å². The van der Waals surface area contributed by atoms with Crippen molar-refractivity contribution in [2.75, 3.05) is 38.0 Å². The van der Waals surface area contributed by atoms with E-state index < -0.39 is 10.0 Å². The number of sulfonamides is 1. The molecule has 0 bridgehead atoms. The quantitative estimate of drug-likeness (QED) is 0.799. The maximum atomic E-state index is 12.0. The Bertz CT molecular complexity index is 528. The summed E-state index contributed by atoms with van der Waals surface area (Å²) in [6.45, 7) is 1.93. The third-order valence-electron chi connectivity index (χ3n) is 3.48. The average molecular weight is 303 g/mol. The van der Waals surface area contributed by atoms with Gasteiger partial charge in [-0.05, 0) is 36.6 Å². The number of rotatable bonds is 4. The fraction of sp³-hybridized carbons (Fsp3) is 0.538. The second kappa shape index (κ2) is 5.69. The van der Waals surface area contributed by atoms with Gasteiger partial charge in [-0.1, -0.05) is 0 Å². The lowest BCUT2D eigenvalue weighted by molar-refractivity contribution is 0.521. The molecule has 1 fully saturated rings. The van der Waals surface area contributed by atoms with Crippen LogP contribution in [0.2, 0.25) is 0 Å². The van der Waals surface area contributed by atoms with Gasteiger partial charge in [-0.15, -0.1) is 11.6 Å². The van der Waals surface area contributed by atoms with Gasteiger partial charge in [-0.3, -0.25) is 0 Å². The lowest BCUT2D eigenvalue weighted by Crippen LogP contribution is -2.23. The van der Waals surface area contributed by atoms with Crippen molar-refractivity contribution < 1.29 is 8.42 Å². The Morgan fingerprint density at radius 3 is 2.42 bits per heavy atom. The Morgan fingerprint density at radius 1 is 1.32 bits per heavy atom. The van der Waals surface area contributed by atoms with Crippen LogP contribution < -0.4 is 4.90 Å². The van der Waals surface area contributed by atoms with Crippen LogP contribution in [0.15, 0.2) is 29.2 Å². The maximum Gasteiger partial charge on any atom is 0.242 e. The van der Waals surface area contributed by atoms with Crippen LogP contribution in [0, 0.1) is 5.92 Å². The number of nitrogens with zero attached hydrogens (tertiary/aromatic N) is 2. The lowest BCUT2D eigenvalue weighted by Gasteiger charge is -2.19. The Kier molecular flexibility index (Phi) is 4.38. The average Bonchev–Trinajstić information content (AvgIpc) is 2.87. The van der Waals surface area contributed by atoms with Crippen LogP contribution in [0.1, 0.15) is 6.42 Å². The van der Waals surface area contributed by atoms with E-state index in [1.165, 1.54) is 18.4 Å². The largest absolute Gasteiger partial charge is 0.371 e. The number of halogens is 1. The lowest BCUT2D eigenvalue weighted by atomic mass is 10.2. The summed E-state index contributed by atoms with van der Waals surface area (Å²) in [6.07, 6.45) is 1.10. The number of alkyl halides is 1. The molecule has 6 heteroatoms. The molecule has 1 unspecified atom stereocenters. The molecule has 1 aliphatic rings. The highest BCUT2D eigenvalue weighted by Gasteiger charge is 2.22. The second-order valence-corrected chi connectivity index (χ2v) is 7.50. The zero-order valence-electron chi connectivity index (χ0n) is 11.2. The van der Waals surface area contributed by atoms with Crippen molar-refractivity contribution in [3.8, 4) is 0 Å². The van der Waals surface area contributed by atoms with Gasteiger partial charge >= 0.3 is 0 Å². The zero-order valence-corrected chi connectivity index (χ0v) is 12.8.